The zero-order valence-corrected chi connectivity index (χ0v) is 10.7. The summed E-state index contributed by atoms with van der Waals surface area (Å²) in [5.74, 6) is 0.528. The zero-order chi connectivity index (χ0) is 13.2. The molecule has 0 radical (unpaired) electrons. The standard InChI is InChI=1S/C11H14F3NO2.ClH/c1-6-5-7(17-2)3-4-8(6)9(15)10(16)11(12,13)14;/h3-5,9-10,16H,15H2,1-2H3;1H/t9-,10-;/m0./s1. The maximum Gasteiger partial charge on any atom is 0.416 e. The van der Waals surface area contributed by atoms with Crippen LogP contribution in [0.25, 0.3) is 0 Å². The lowest BCUT2D eigenvalue weighted by Gasteiger charge is -2.23. The summed E-state index contributed by atoms with van der Waals surface area (Å²) in [6.07, 6.45) is -7.30. The highest BCUT2D eigenvalue weighted by Crippen LogP contribution is 2.31. The average Bonchev–Trinajstić information content (AvgIpc) is 2.25. The normalized spacial score (nSPS) is 14.6. The van der Waals surface area contributed by atoms with Gasteiger partial charge in [-0.25, -0.2) is 0 Å². The number of halogens is 4. The molecule has 0 aliphatic rings. The van der Waals surface area contributed by atoms with Crippen molar-refractivity contribution in [2.75, 3.05) is 7.11 Å². The summed E-state index contributed by atoms with van der Waals surface area (Å²) < 4.78 is 41.9. The first kappa shape index (κ1) is 17.0. The molecular weight excluding hydrogens is 271 g/mol. The highest BCUT2D eigenvalue weighted by molar-refractivity contribution is 5.85. The third kappa shape index (κ3) is 3.76. The van der Waals surface area contributed by atoms with Crippen LogP contribution in [0.3, 0.4) is 0 Å². The van der Waals surface area contributed by atoms with E-state index in [1.165, 1.54) is 19.2 Å². The second-order valence-corrected chi connectivity index (χ2v) is 3.73. The van der Waals surface area contributed by atoms with Gasteiger partial charge in [-0.15, -0.1) is 12.4 Å². The molecule has 0 spiro atoms. The largest absolute Gasteiger partial charge is 0.497 e. The van der Waals surface area contributed by atoms with Crippen molar-refractivity contribution in [1.82, 2.24) is 0 Å². The van der Waals surface area contributed by atoms with Crippen molar-refractivity contribution in [3.05, 3.63) is 29.3 Å². The van der Waals surface area contributed by atoms with Crippen molar-refractivity contribution in [2.45, 2.75) is 25.2 Å². The molecule has 18 heavy (non-hydrogen) atoms. The fourth-order valence-electron chi connectivity index (χ4n) is 1.52. The Morgan fingerprint density at radius 1 is 1.33 bits per heavy atom. The second kappa shape index (κ2) is 6.26. The van der Waals surface area contributed by atoms with Crippen LogP contribution in [-0.2, 0) is 0 Å². The fraction of sp³-hybridized carbons (Fsp3) is 0.455. The van der Waals surface area contributed by atoms with Crippen molar-refractivity contribution in [1.29, 1.82) is 0 Å². The summed E-state index contributed by atoms with van der Waals surface area (Å²) >= 11 is 0. The van der Waals surface area contributed by atoms with Crippen molar-refractivity contribution < 1.29 is 23.0 Å². The molecule has 3 N–H and O–H groups in total. The number of aryl methyl sites for hydroxylation is 1. The molecule has 0 fully saturated rings. The quantitative estimate of drug-likeness (QED) is 0.896. The van der Waals surface area contributed by atoms with E-state index in [2.05, 4.69) is 0 Å². The topological polar surface area (TPSA) is 55.5 Å². The number of hydrogen-bond acceptors (Lipinski definition) is 3. The van der Waals surface area contributed by atoms with Crippen LogP contribution in [0.4, 0.5) is 13.2 Å². The molecule has 0 amide bonds. The second-order valence-electron chi connectivity index (χ2n) is 3.73. The Bertz CT molecular complexity index is 398. The van der Waals surface area contributed by atoms with E-state index in [0.29, 0.717) is 11.3 Å². The number of ether oxygens (including phenoxy) is 1. The van der Waals surface area contributed by atoms with Gasteiger partial charge in [0, 0.05) is 0 Å². The summed E-state index contributed by atoms with van der Waals surface area (Å²) in [6, 6.07) is 3.00. The summed E-state index contributed by atoms with van der Waals surface area (Å²) in [4.78, 5) is 0. The Morgan fingerprint density at radius 2 is 1.89 bits per heavy atom. The van der Waals surface area contributed by atoms with E-state index in [4.69, 9.17) is 15.6 Å². The van der Waals surface area contributed by atoms with Gasteiger partial charge < -0.3 is 15.6 Å². The Kier molecular flexibility index (Phi) is 5.92. The molecular formula is C11H15ClF3NO2. The van der Waals surface area contributed by atoms with E-state index in [0.717, 1.165) is 0 Å². The number of methoxy groups -OCH3 is 1. The van der Waals surface area contributed by atoms with Gasteiger partial charge in [0.25, 0.3) is 0 Å². The molecule has 0 aliphatic heterocycles. The van der Waals surface area contributed by atoms with Crippen LogP contribution < -0.4 is 10.5 Å². The highest BCUT2D eigenvalue weighted by Gasteiger charge is 2.43. The van der Waals surface area contributed by atoms with Crippen LogP contribution in [0.5, 0.6) is 5.75 Å². The zero-order valence-electron chi connectivity index (χ0n) is 9.86. The molecule has 0 bridgehead atoms. The van der Waals surface area contributed by atoms with Gasteiger partial charge >= 0.3 is 6.18 Å². The number of nitrogens with two attached hydrogens (primary N) is 1. The van der Waals surface area contributed by atoms with Gasteiger partial charge in [-0.2, -0.15) is 13.2 Å². The minimum absolute atomic E-state index is 0. The van der Waals surface area contributed by atoms with Crippen LogP contribution in [0.15, 0.2) is 18.2 Å². The molecule has 1 rings (SSSR count). The SMILES string of the molecule is COc1ccc([C@H](N)[C@H](O)C(F)(F)F)c(C)c1.Cl. The van der Waals surface area contributed by atoms with Crippen LogP contribution >= 0.6 is 12.4 Å². The minimum Gasteiger partial charge on any atom is -0.497 e. The van der Waals surface area contributed by atoms with Crippen molar-refractivity contribution in [3.63, 3.8) is 0 Å². The van der Waals surface area contributed by atoms with Gasteiger partial charge in [0.2, 0.25) is 0 Å². The van der Waals surface area contributed by atoms with Crippen LogP contribution in [0, 0.1) is 6.92 Å². The molecule has 0 saturated carbocycles. The minimum atomic E-state index is -4.73. The van der Waals surface area contributed by atoms with Crippen molar-refractivity contribution in [3.8, 4) is 5.75 Å². The van der Waals surface area contributed by atoms with E-state index in [1.54, 1.807) is 13.0 Å². The molecule has 2 atom stereocenters. The number of hydrogen-bond donors (Lipinski definition) is 2. The molecule has 3 nitrogen and oxygen atoms in total. The monoisotopic (exact) mass is 285 g/mol. The van der Waals surface area contributed by atoms with Crippen molar-refractivity contribution >= 4 is 12.4 Å². The molecule has 104 valence electrons. The maximum atomic E-state index is 12.3. The summed E-state index contributed by atoms with van der Waals surface area (Å²) in [6.45, 7) is 1.61. The Balaban J connectivity index is 0.00000289. The van der Waals surface area contributed by atoms with Crippen LogP contribution in [-0.4, -0.2) is 24.5 Å². The predicted octanol–water partition coefficient (Wildman–Crippen LogP) is 2.35. The lowest BCUT2D eigenvalue weighted by Crippen LogP contribution is -2.39. The van der Waals surface area contributed by atoms with E-state index < -0.39 is 18.3 Å². The third-order valence-corrected chi connectivity index (χ3v) is 2.51. The first-order chi connectivity index (χ1) is 7.77. The molecule has 0 aliphatic carbocycles. The molecule has 0 saturated heterocycles. The fourth-order valence-corrected chi connectivity index (χ4v) is 1.52. The molecule has 7 heteroatoms. The van der Waals surface area contributed by atoms with E-state index in [-0.39, 0.29) is 18.0 Å². The molecule has 0 unspecified atom stereocenters. The lowest BCUT2D eigenvalue weighted by atomic mass is 9.97. The first-order valence-corrected chi connectivity index (χ1v) is 4.92. The number of aliphatic hydroxyl groups excluding tert-OH is 1. The number of aliphatic hydroxyl groups is 1. The molecule has 1 aromatic carbocycles. The summed E-state index contributed by atoms with van der Waals surface area (Å²) in [7, 11) is 1.46. The van der Waals surface area contributed by atoms with Crippen LogP contribution in [0.2, 0.25) is 0 Å². The lowest BCUT2D eigenvalue weighted by molar-refractivity contribution is -0.210. The van der Waals surface area contributed by atoms with Crippen LogP contribution in [0.1, 0.15) is 17.2 Å². The average molecular weight is 286 g/mol. The van der Waals surface area contributed by atoms with Crippen molar-refractivity contribution in [2.24, 2.45) is 5.73 Å². The highest BCUT2D eigenvalue weighted by atomic mass is 35.5. The van der Waals surface area contributed by atoms with Gasteiger partial charge in [0.1, 0.15) is 5.75 Å². The summed E-state index contributed by atoms with van der Waals surface area (Å²) in [5.41, 5.74) is 6.19. The van der Waals surface area contributed by atoms with Gasteiger partial charge in [-0.05, 0) is 30.2 Å². The Labute approximate surface area is 109 Å². The molecule has 1 aromatic rings. The Hall–Kier alpha value is -0.980. The molecule has 0 aromatic heterocycles. The van der Waals surface area contributed by atoms with E-state index in [1.807, 2.05) is 0 Å². The van der Waals surface area contributed by atoms with Gasteiger partial charge in [0.05, 0.1) is 13.2 Å². The first-order valence-electron chi connectivity index (χ1n) is 4.92. The van der Waals surface area contributed by atoms with E-state index >= 15 is 0 Å². The smallest absolute Gasteiger partial charge is 0.416 e. The van der Waals surface area contributed by atoms with Gasteiger partial charge in [-0.1, -0.05) is 6.07 Å². The summed E-state index contributed by atoms with van der Waals surface area (Å²) in [5, 5.41) is 9.08. The van der Waals surface area contributed by atoms with E-state index in [9.17, 15) is 13.2 Å². The maximum absolute atomic E-state index is 12.3. The Morgan fingerprint density at radius 3 is 2.28 bits per heavy atom. The molecule has 0 heterocycles. The predicted molar refractivity (Wildman–Crippen MR) is 64.0 cm³/mol. The van der Waals surface area contributed by atoms with Gasteiger partial charge in [-0.3, -0.25) is 0 Å². The number of alkyl halides is 3. The third-order valence-electron chi connectivity index (χ3n) is 2.51. The van der Waals surface area contributed by atoms with Gasteiger partial charge in [0.15, 0.2) is 6.10 Å². The number of benzene rings is 1. The number of rotatable bonds is 3.